The Morgan fingerprint density at radius 1 is 1.26 bits per heavy atom. The van der Waals surface area contributed by atoms with Crippen molar-refractivity contribution in [1.82, 2.24) is 14.9 Å². The summed E-state index contributed by atoms with van der Waals surface area (Å²) in [6.45, 7) is 2.43. The number of amides is 1. The standard InChI is InChI=1S/C19H24N4O4/c1-22(10-12-26-16-6-4-15(25-2)5-7-16)18(24)17-14-23(11-13-27-17)19-20-8-3-9-21-19/h3-9,17H,10-14H2,1-2H3. The van der Waals surface area contributed by atoms with Gasteiger partial charge < -0.3 is 24.0 Å². The van der Waals surface area contributed by atoms with Crippen molar-refractivity contribution < 1.29 is 19.0 Å². The van der Waals surface area contributed by atoms with Crippen molar-refractivity contribution in [3.63, 3.8) is 0 Å². The number of anilines is 1. The molecule has 1 saturated heterocycles. The molecule has 8 heteroatoms. The van der Waals surface area contributed by atoms with Crippen molar-refractivity contribution in [2.75, 3.05) is 51.9 Å². The highest BCUT2D eigenvalue weighted by molar-refractivity contribution is 5.81. The average Bonchev–Trinajstić information content (AvgIpc) is 2.74. The van der Waals surface area contributed by atoms with Crippen LogP contribution in [0.1, 0.15) is 0 Å². The summed E-state index contributed by atoms with van der Waals surface area (Å²) in [7, 11) is 3.37. The lowest BCUT2D eigenvalue weighted by molar-refractivity contribution is -0.143. The van der Waals surface area contributed by atoms with E-state index < -0.39 is 6.10 Å². The van der Waals surface area contributed by atoms with Gasteiger partial charge in [-0.25, -0.2) is 9.97 Å². The van der Waals surface area contributed by atoms with Crippen molar-refractivity contribution in [3.05, 3.63) is 42.7 Å². The maximum Gasteiger partial charge on any atom is 0.253 e. The van der Waals surface area contributed by atoms with Gasteiger partial charge in [0, 0.05) is 26.0 Å². The number of methoxy groups -OCH3 is 1. The van der Waals surface area contributed by atoms with Crippen molar-refractivity contribution >= 4 is 11.9 Å². The SMILES string of the molecule is COc1ccc(OCCN(C)C(=O)C2CN(c3ncccn3)CCO2)cc1. The van der Waals surface area contributed by atoms with Crippen LogP contribution in [0.3, 0.4) is 0 Å². The zero-order valence-corrected chi connectivity index (χ0v) is 15.6. The van der Waals surface area contributed by atoms with Crippen molar-refractivity contribution in [2.45, 2.75) is 6.10 Å². The van der Waals surface area contributed by atoms with Gasteiger partial charge in [0.15, 0.2) is 6.10 Å². The van der Waals surface area contributed by atoms with Crippen LogP contribution in [0.5, 0.6) is 11.5 Å². The second-order valence-electron chi connectivity index (χ2n) is 6.14. The third-order valence-electron chi connectivity index (χ3n) is 4.31. The predicted molar refractivity (Wildman–Crippen MR) is 100 cm³/mol. The van der Waals surface area contributed by atoms with Crippen LogP contribution in [0.2, 0.25) is 0 Å². The van der Waals surface area contributed by atoms with Gasteiger partial charge in [-0.15, -0.1) is 0 Å². The molecule has 1 aromatic heterocycles. The van der Waals surface area contributed by atoms with Gasteiger partial charge in [0.25, 0.3) is 5.91 Å². The van der Waals surface area contributed by atoms with E-state index in [1.165, 1.54) is 0 Å². The lowest BCUT2D eigenvalue weighted by atomic mass is 10.2. The van der Waals surface area contributed by atoms with Gasteiger partial charge in [-0.1, -0.05) is 0 Å². The van der Waals surface area contributed by atoms with Crippen LogP contribution in [0, 0.1) is 0 Å². The Balaban J connectivity index is 1.47. The minimum Gasteiger partial charge on any atom is -0.497 e. The van der Waals surface area contributed by atoms with Gasteiger partial charge in [0.1, 0.15) is 18.1 Å². The fourth-order valence-corrected chi connectivity index (χ4v) is 2.76. The fraction of sp³-hybridized carbons (Fsp3) is 0.421. The summed E-state index contributed by atoms with van der Waals surface area (Å²) in [4.78, 5) is 24.7. The van der Waals surface area contributed by atoms with E-state index in [4.69, 9.17) is 14.2 Å². The topological polar surface area (TPSA) is 77.0 Å². The number of hydrogen-bond acceptors (Lipinski definition) is 7. The molecule has 1 aromatic carbocycles. The summed E-state index contributed by atoms with van der Waals surface area (Å²) in [5.74, 6) is 2.05. The van der Waals surface area contributed by atoms with Crippen LogP contribution < -0.4 is 14.4 Å². The summed E-state index contributed by atoms with van der Waals surface area (Å²) >= 11 is 0. The number of nitrogens with zero attached hydrogens (tertiary/aromatic N) is 4. The van der Waals surface area contributed by atoms with E-state index in [1.807, 2.05) is 29.2 Å². The van der Waals surface area contributed by atoms with Gasteiger partial charge in [0.05, 0.1) is 26.8 Å². The molecule has 2 aromatic rings. The van der Waals surface area contributed by atoms with Gasteiger partial charge >= 0.3 is 0 Å². The molecule has 0 saturated carbocycles. The lowest BCUT2D eigenvalue weighted by Crippen LogP contribution is -2.51. The third-order valence-corrected chi connectivity index (χ3v) is 4.31. The van der Waals surface area contributed by atoms with Crippen LogP contribution in [0.15, 0.2) is 42.7 Å². The number of ether oxygens (including phenoxy) is 3. The number of carbonyl (C=O) groups is 1. The molecule has 2 heterocycles. The van der Waals surface area contributed by atoms with Crippen LogP contribution in [0.4, 0.5) is 5.95 Å². The van der Waals surface area contributed by atoms with Crippen LogP contribution in [-0.2, 0) is 9.53 Å². The molecule has 1 aliphatic heterocycles. The monoisotopic (exact) mass is 372 g/mol. The first-order chi connectivity index (χ1) is 13.2. The van der Waals surface area contributed by atoms with Crippen LogP contribution in [0.25, 0.3) is 0 Å². The number of benzene rings is 1. The molecule has 1 fully saturated rings. The molecule has 1 atom stereocenters. The summed E-state index contributed by atoms with van der Waals surface area (Å²) in [5, 5.41) is 0. The fourth-order valence-electron chi connectivity index (χ4n) is 2.76. The highest BCUT2D eigenvalue weighted by atomic mass is 16.5. The Hall–Kier alpha value is -2.87. The Bertz CT molecular complexity index is 726. The molecule has 8 nitrogen and oxygen atoms in total. The molecular formula is C19H24N4O4. The minimum atomic E-state index is -0.534. The third kappa shape index (κ3) is 5.07. The largest absolute Gasteiger partial charge is 0.497 e. The van der Waals surface area contributed by atoms with Gasteiger partial charge in [-0.2, -0.15) is 0 Å². The first kappa shape index (κ1) is 18.9. The van der Waals surface area contributed by atoms with Crippen LogP contribution in [-0.4, -0.2) is 73.9 Å². The number of likely N-dealkylation sites (N-methyl/N-ethyl adjacent to an activating group) is 1. The molecule has 144 valence electrons. The Labute approximate surface area is 158 Å². The summed E-state index contributed by atoms with van der Waals surface area (Å²) in [6, 6.07) is 9.11. The summed E-state index contributed by atoms with van der Waals surface area (Å²) < 4.78 is 16.5. The zero-order chi connectivity index (χ0) is 19.1. The predicted octanol–water partition coefficient (Wildman–Crippen LogP) is 1.23. The molecular weight excluding hydrogens is 348 g/mol. The Kier molecular flexibility index (Phi) is 6.43. The molecule has 1 aliphatic rings. The van der Waals surface area contributed by atoms with Crippen molar-refractivity contribution in [2.24, 2.45) is 0 Å². The molecule has 1 unspecified atom stereocenters. The first-order valence-electron chi connectivity index (χ1n) is 8.83. The van der Waals surface area contributed by atoms with Gasteiger partial charge in [-0.3, -0.25) is 4.79 Å². The van der Waals surface area contributed by atoms with Crippen molar-refractivity contribution in [3.8, 4) is 11.5 Å². The van der Waals surface area contributed by atoms with Crippen LogP contribution >= 0.6 is 0 Å². The van der Waals surface area contributed by atoms with Crippen molar-refractivity contribution in [1.29, 1.82) is 0 Å². The van der Waals surface area contributed by atoms with E-state index >= 15 is 0 Å². The summed E-state index contributed by atoms with van der Waals surface area (Å²) in [6.07, 6.45) is 2.85. The van der Waals surface area contributed by atoms with Gasteiger partial charge in [-0.05, 0) is 30.3 Å². The quantitative estimate of drug-likeness (QED) is 0.723. The second-order valence-corrected chi connectivity index (χ2v) is 6.14. The number of hydrogen-bond donors (Lipinski definition) is 0. The number of carbonyl (C=O) groups excluding carboxylic acids is 1. The van der Waals surface area contributed by atoms with E-state index in [9.17, 15) is 4.79 Å². The van der Waals surface area contributed by atoms with E-state index in [-0.39, 0.29) is 5.91 Å². The molecule has 1 amide bonds. The molecule has 27 heavy (non-hydrogen) atoms. The number of aromatic nitrogens is 2. The van der Waals surface area contributed by atoms with E-state index in [0.717, 1.165) is 11.5 Å². The molecule has 0 N–H and O–H groups in total. The molecule has 0 spiro atoms. The van der Waals surface area contributed by atoms with E-state index in [2.05, 4.69) is 9.97 Å². The maximum atomic E-state index is 12.7. The Morgan fingerprint density at radius 3 is 2.67 bits per heavy atom. The summed E-state index contributed by atoms with van der Waals surface area (Å²) in [5.41, 5.74) is 0. The number of rotatable bonds is 7. The highest BCUT2D eigenvalue weighted by Gasteiger charge is 2.29. The minimum absolute atomic E-state index is 0.0750. The zero-order valence-electron chi connectivity index (χ0n) is 15.6. The maximum absolute atomic E-state index is 12.7. The highest BCUT2D eigenvalue weighted by Crippen LogP contribution is 2.17. The second kappa shape index (κ2) is 9.18. The van der Waals surface area contributed by atoms with E-state index in [0.29, 0.717) is 38.8 Å². The smallest absolute Gasteiger partial charge is 0.253 e. The Morgan fingerprint density at radius 2 is 1.96 bits per heavy atom. The van der Waals surface area contributed by atoms with Gasteiger partial charge in [0.2, 0.25) is 5.95 Å². The molecule has 3 rings (SSSR count). The molecule has 0 radical (unpaired) electrons. The normalized spacial score (nSPS) is 16.7. The van der Waals surface area contributed by atoms with E-state index in [1.54, 1.807) is 37.5 Å². The first-order valence-corrected chi connectivity index (χ1v) is 8.83. The molecule has 0 bridgehead atoms. The number of morpholine rings is 1. The molecule has 0 aliphatic carbocycles. The lowest BCUT2D eigenvalue weighted by Gasteiger charge is -2.33. The average molecular weight is 372 g/mol.